The number of imidazole rings is 1. The summed E-state index contributed by atoms with van der Waals surface area (Å²) in [6, 6.07) is 16.7. The van der Waals surface area contributed by atoms with Crippen molar-refractivity contribution in [3.63, 3.8) is 0 Å². The number of nitrogens with zero attached hydrogens (tertiary/aromatic N) is 2. The van der Waals surface area contributed by atoms with Gasteiger partial charge in [0.25, 0.3) is 0 Å². The van der Waals surface area contributed by atoms with Crippen molar-refractivity contribution in [2.75, 3.05) is 5.73 Å². The number of thiazole rings is 1. The van der Waals surface area contributed by atoms with E-state index in [2.05, 4.69) is 54.1 Å². The van der Waals surface area contributed by atoms with Crippen molar-refractivity contribution in [1.82, 2.24) is 9.38 Å². The number of nitrogens with two attached hydrogens (primary N) is 1. The summed E-state index contributed by atoms with van der Waals surface area (Å²) in [4.78, 5) is 5.74. The summed E-state index contributed by atoms with van der Waals surface area (Å²) in [5, 5.41) is 2.16. The molecule has 0 aliphatic rings. The highest BCUT2D eigenvalue weighted by Gasteiger charge is 2.11. The summed E-state index contributed by atoms with van der Waals surface area (Å²) in [5.74, 6) is 0.546. The zero-order chi connectivity index (χ0) is 16.7. The van der Waals surface area contributed by atoms with E-state index < -0.39 is 0 Å². The van der Waals surface area contributed by atoms with Gasteiger partial charge in [0.05, 0.1) is 11.4 Å². The third kappa shape index (κ3) is 2.59. The van der Waals surface area contributed by atoms with Crippen molar-refractivity contribution in [2.24, 2.45) is 0 Å². The van der Waals surface area contributed by atoms with Gasteiger partial charge in [0, 0.05) is 22.8 Å². The van der Waals surface area contributed by atoms with Crippen LogP contribution in [0, 0.1) is 0 Å². The number of aromatic nitrogens is 2. The molecule has 2 N–H and O–H groups in total. The first-order valence-corrected chi connectivity index (χ1v) is 8.92. The fraction of sp³-hybridized carbons (Fsp3) is 0.150. The number of nitrogen functional groups attached to an aromatic ring is 1. The molecule has 120 valence electrons. The Hall–Kier alpha value is -2.59. The van der Waals surface area contributed by atoms with Crippen molar-refractivity contribution < 1.29 is 0 Å². The Bertz CT molecular complexity index is 993. The topological polar surface area (TPSA) is 43.3 Å². The highest BCUT2D eigenvalue weighted by molar-refractivity contribution is 7.15. The van der Waals surface area contributed by atoms with E-state index in [1.165, 1.54) is 16.8 Å². The highest BCUT2D eigenvalue weighted by atomic mass is 32.1. The van der Waals surface area contributed by atoms with Crippen LogP contribution < -0.4 is 5.73 Å². The predicted octanol–water partition coefficient (Wildman–Crippen LogP) is 5.44. The maximum atomic E-state index is 5.89. The summed E-state index contributed by atoms with van der Waals surface area (Å²) in [6.07, 6.45) is 2.09. The van der Waals surface area contributed by atoms with Gasteiger partial charge in [-0.05, 0) is 29.2 Å². The Kier molecular flexibility index (Phi) is 3.62. The zero-order valence-electron chi connectivity index (χ0n) is 13.7. The fourth-order valence-corrected chi connectivity index (χ4v) is 3.75. The smallest absolute Gasteiger partial charge is 0.194 e. The van der Waals surface area contributed by atoms with E-state index in [4.69, 9.17) is 10.7 Å². The minimum Gasteiger partial charge on any atom is -0.399 e. The lowest BCUT2D eigenvalue weighted by Gasteiger charge is -2.06. The number of benzene rings is 2. The average Bonchev–Trinajstić information content (AvgIpc) is 3.15. The minimum absolute atomic E-state index is 0.546. The molecule has 0 aliphatic heterocycles. The lowest BCUT2D eigenvalue weighted by Crippen LogP contribution is -1.88. The normalized spacial score (nSPS) is 11.5. The molecule has 4 rings (SSSR count). The van der Waals surface area contributed by atoms with E-state index in [0.717, 1.165) is 21.9 Å². The molecule has 0 saturated carbocycles. The molecule has 3 nitrogen and oxygen atoms in total. The Labute approximate surface area is 145 Å². The van der Waals surface area contributed by atoms with Crippen LogP contribution in [0.5, 0.6) is 0 Å². The monoisotopic (exact) mass is 333 g/mol. The molecule has 0 aliphatic carbocycles. The van der Waals surface area contributed by atoms with Crippen molar-refractivity contribution >= 4 is 22.0 Å². The van der Waals surface area contributed by atoms with Crippen LogP contribution in [0.3, 0.4) is 0 Å². The molecule has 0 spiro atoms. The van der Waals surface area contributed by atoms with Crippen LogP contribution in [0.2, 0.25) is 0 Å². The lowest BCUT2D eigenvalue weighted by atomic mass is 10.0. The SMILES string of the molecule is CC(C)c1ccc(-c2csc3nc(-c4cccc(N)c4)cn23)cc1. The first-order chi connectivity index (χ1) is 11.6. The Balaban J connectivity index is 1.77. The summed E-state index contributed by atoms with van der Waals surface area (Å²) in [7, 11) is 0. The van der Waals surface area contributed by atoms with Crippen LogP contribution >= 0.6 is 11.3 Å². The second kappa shape index (κ2) is 5.80. The molecule has 0 amide bonds. The molecule has 24 heavy (non-hydrogen) atoms. The van der Waals surface area contributed by atoms with Crippen LogP contribution in [0.1, 0.15) is 25.3 Å². The third-order valence-corrected chi connectivity index (χ3v) is 5.10. The largest absolute Gasteiger partial charge is 0.399 e. The Morgan fingerprint density at radius 3 is 2.54 bits per heavy atom. The number of fused-ring (bicyclic) bond motifs is 1. The lowest BCUT2D eigenvalue weighted by molar-refractivity contribution is 0.867. The summed E-state index contributed by atoms with van der Waals surface area (Å²) < 4.78 is 2.16. The van der Waals surface area contributed by atoms with Gasteiger partial charge in [-0.15, -0.1) is 11.3 Å². The molecule has 0 saturated heterocycles. The van der Waals surface area contributed by atoms with Gasteiger partial charge in [-0.3, -0.25) is 4.40 Å². The molecular weight excluding hydrogens is 314 g/mol. The van der Waals surface area contributed by atoms with Crippen LogP contribution in [-0.2, 0) is 0 Å². The van der Waals surface area contributed by atoms with Gasteiger partial charge < -0.3 is 5.73 Å². The van der Waals surface area contributed by atoms with Crippen molar-refractivity contribution in [1.29, 1.82) is 0 Å². The van der Waals surface area contributed by atoms with Crippen LogP contribution in [0.4, 0.5) is 5.69 Å². The van der Waals surface area contributed by atoms with Crippen LogP contribution in [0.25, 0.3) is 27.5 Å². The fourth-order valence-electron chi connectivity index (χ4n) is 2.87. The van der Waals surface area contributed by atoms with Gasteiger partial charge in [-0.25, -0.2) is 4.98 Å². The summed E-state index contributed by atoms with van der Waals surface area (Å²) >= 11 is 1.66. The molecule has 4 aromatic rings. The first kappa shape index (κ1) is 15.0. The number of rotatable bonds is 3. The predicted molar refractivity (Wildman–Crippen MR) is 102 cm³/mol. The van der Waals surface area contributed by atoms with E-state index in [1.807, 2.05) is 24.3 Å². The number of hydrogen-bond donors (Lipinski definition) is 1. The van der Waals surface area contributed by atoms with E-state index in [9.17, 15) is 0 Å². The second-order valence-corrected chi connectivity index (χ2v) is 7.14. The molecule has 0 atom stereocenters. The van der Waals surface area contributed by atoms with Gasteiger partial charge in [-0.1, -0.05) is 50.2 Å². The Morgan fingerprint density at radius 2 is 1.83 bits per heavy atom. The van der Waals surface area contributed by atoms with Gasteiger partial charge in [0.1, 0.15) is 0 Å². The van der Waals surface area contributed by atoms with Gasteiger partial charge in [0.15, 0.2) is 4.96 Å². The molecule has 2 heterocycles. The van der Waals surface area contributed by atoms with E-state index in [0.29, 0.717) is 5.92 Å². The summed E-state index contributed by atoms with van der Waals surface area (Å²) in [5.41, 5.74) is 12.4. The third-order valence-electron chi connectivity index (χ3n) is 4.26. The quantitative estimate of drug-likeness (QED) is 0.508. The molecule has 4 heteroatoms. The molecule has 0 bridgehead atoms. The minimum atomic E-state index is 0.546. The van der Waals surface area contributed by atoms with Crippen LogP contribution in [0.15, 0.2) is 60.1 Å². The van der Waals surface area contributed by atoms with E-state index in [1.54, 1.807) is 11.3 Å². The van der Waals surface area contributed by atoms with Gasteiger partial charge in [-0.2, -0.15) is 0 Å². The van der Waals surface area contributed by atoms with Gasteiger partial charge in [0.2, 0.25) is 0 Å². The van der Waals surface area contributed by atoms with Crippen molar-refractivity contribution in [2.45, 2.75) is 19.8 Å². The van der Waals surface area contributed by atoms with Crippen LogP contribution in [-0.4, -0.2) is 9.38 Å². The molecule has 2 aromatic heterocycles. The molecule has 0 unspecified atom stereocenters. The average molecular weight is 333 g/mol. The second-order valence-electron chi connectivity index (χ2n) is 6.30. The molecule has 0 fully saturated rings. The van der Waals surface area contributed by atoms with Gasteiger partial charge >= 0.3 is 0 Å². The maximum Gasteiger partial charge on any atom is 0.194 e. The Morgan fingerprint density at radius 1 is 1.04 bits per heavy atom. The number of hydrogen-bond acceptors (Lipinski definition) is 3. The molecular formula is C20H19N3S. The highest BCUT2D eigenvalue weighted by Crippen LogP contribution is 2.30. The maximum absolute atomic E-state index is 5.89. The number of anilines is 1. The first-order valence-electron chi connectivity index (χ1n) is 8.04. The summed E-state index contributed by atoms with van der Waals surface area (Å²) in [6.45, 7) is 4.43. The van der Waals surface area contributed by atoms with E-state index >= 15 is 0 Å². The molecule has 0 radical (unpaired) electrons. The standard InChI is InChI=1S/C20H19N3S/c1-13(2)14-6-8-15(9-7-14)19-12-24-20-22-18(11-23(19)20)16-4-3-5-17(21)10-16/h3-13H,21H2,1-2H3. The molecule has 2 aromatic carbocycles. The zero-order valence-corrected chi connectivity index (χ0v) is 14.5. The van der Waals surface area contributed by atoms with Crippen molar-refractivity contribution in [3.05, 3.63) is 65.7 Å². The van der Waals surface area contributed by atoms with Crippen molar-refractivity contribution in [3.8, 4) is 22.5 Å². The van der Waals surface area contributed by atoms with E-state index in [-0.39, 0.29) is 0 Å².